The van der Waals surface area contributed by atoms with Gasteiger partial charge in [-0.3, -0.25) is 9.78 Å². The minimum Gasteiger partial charge on any atom is -0.414 e. The Hall–Kier alpha value is -1.58. The summed E-state index contributed by atoms with van der Waals surface area (Å²) in [6.07, 6.45) is 0. The van der Waals surface area contributed by atoms with Gasteiger partial charge in [0.1, 0.15) is 0 Å². The SMILES string of the molecule is Cc1[nH]c(=O)[nH]c(=O)c1CSc1nnc(C(C)N)o1.Cl. The minimum absolute atomic E-state index is 0. The van der Waals surface area contributed by atoms with E-state index in [1.54, 1.807) is 13.8 Å². The molecule has 2 aromatic rings. The van der Waals surface area contributed by atoms with Gasteiger partial charge in [0.05, 0.1) is 6.04 Å². The van der Waals surface area contributed by atoms with Crippen LogP contribution in [0.4, 0.5) is 0 Å². The number of halogens is 1. The van der Waals surface area contributed by atoms with Crippen LogP contribution in [0, 0.1) is 6.92 Å². The number of nitrogens with zero attached hydrogens (tertiary/aromatic N) is 2. The first kappa shape index (κ1) is 16.5. The molecule has 0 aromatic carbocycles. The van der Waals surface area contributed by atoms with Crippen LogP contribution in [0.1, 0.15) is 30.1 Å². The number of H-pyrrole nitrogens is 2. The van der Waals surface area contributed by atoms with Crippen LogP contribution < -0.4 is 17.0 Å². The highest BCUT2D eigenvalue weighted by atomic mass is 35.5. The van der Waals surface area contributed by atoms with Crippen LogP contribution in [-0.2, 0) is 5.75 Å². The van der Waals surface area contributed by atoms with Gasteiger partial charge in [-0.25, -0.2) is 4.79 Å². The van der Waals surface area contributed by atoms with Gasteiger partial charge in [-0.05, 0) is 13.8 Å². The highest BCUT2D eigenvalue weighted by molar-refractivity contribution is 7.98. The molecule has 20 heavy (non-hydrogen) atoms. The van der Waals surface area contributed by atoms with Crippen molar-refractivity contribution in [3.8, 4) is 0 Å². The summed E-state index contributed by atoms with van der Waals surface area (Å²) in [5, 5.41) is 7.92. The van der Waals surface area contributed by atoms with Gasteiger partial charge in [0.2, 0.25) is 5.89 Å². The van der Waals surface area contributed by atoms with E-state index in [9.17, 15) is 9.59 Å². The largest absolute Gasteiger partial charge is 0.414 e. The standard InChI is InChI=1S/C10H13N5O3S.ClH/c1-4(11)8-14-15-10(18-8)19-3-6-5(2)12-9(17)13-7(6)16;/h4H,3,11H2,1-2H3,(H2,12,13,16,17);1H. The zero-order chi connectivity index (χ0) is 14.0. The van der Waals surface area contributed by atoms with Crippen LogP contribution in [0.3, 0.4) is 0 Å². The van der Waals surface area contributed by atoms with Gasteiger partial charge in [-0.1, -0.05) is 11.8 Å². The molecule has 10 heteroatoms. The van der Waals surface area contributed by atoms with E-state index in [2.05, 4.69) is 20.2 Å². The van der Waals surface area contributed by atoms with Crippen molar-refractivity contribution in [1.82, 2.24) is 20.2 Å². The Morgan fingerprint density at radius 2 is 2.05 bits per heavy atom. The van der Waals surface area contributed by atoms with Crippen molar-refractivity contribution in [1.29, 1.82) is 0 Å². The van der Waals surface area contributed by atoms with Crippen LogP contribution >= 0.6 is 24.2 Å². The van der Waals surface area contributed by atoms with Gasteiger partial charge in [-0.15, -0.1) is 22.6 Å². The van der Waals surface area contributed by atoms with Crippen molar-refractivity contribution in [3.63, 3.8) is 0 Å². The lowest BCUT2D eigenvalue weighted by Crippen LogP contribution is -2.26. The number of rotatable bonds is 4. The van der Waals surface area contributed by atoms with Crippen LogP contribution in [0.2, 0.25) is 0 Å². The fraction of sp³-hybridized carbons (Fsp3) is 0.400. The third-order valence-corrected chi connectivity index (χ3v) is 3.25. The topological polar surface area (TPSA) is 131 Å². The van der Waals surface area contributed by atoms with Crippen molar-refractivity contribution in [2.24, 2.45) is 5.73 Å². The molecule has 2 rings (SSSR count). The second-order valence-electron chi connectivity index (χ2n) is 4.00. The molecule has 2 aromatic heterocycles. The number of aryl methyl sites for hydroxylation is 1. The van der Waals surface area contributed by atoms with Gasteiger partial charge < -0.3 is 15.1 Å². The van der Waals surface area contributed by atoms with Crippen LogP contribution in [-0.4, -0.2) is 20.2 Å². The maximum absolute atomic E-state index is 11.6. The average Bonchev–Trinajstić information content (AvgIpc) is 2.76. The Balaban J connectivity index is 0.00000200. The Bertz CT molecular complexity index is 693. The molecule has 4 N–H and O–H groups in total. The summed E-state index contributed by atoms with van der Waals surface area (Å²) in [5.41, 5.74) is 5.65. The molecule has 0 aliphatic carbocycles. The van der Waals surface area contributed by atoms with E-state index in [0.29, 0.717) is 28.1 Å². The summed E-state index contributed by atoms with van der Waals surface area (Å²) < 4.78 is 5.30. The second kappa shape index (κ2) is 6.73. The summed E-state index contributed by atoms with van der Waals surface area (Å²) in [7, 11) is 0. The zero-order valence-corrected chi connectivity index (χ0v) is 12.4. The van der Waals surface area contributed by atoms with Gasteiger partial charge in [-0.2, -0.15) is 0 Å². The van der Waals surface area contributed by atoms with Crippen molar-refractivity contribution in [2.45, 2.75) is 30.9 Å². The Labute approximate surface area is 124 Å². The monoisotopic (exact) mass is 319 g/mol. The highest BCUT2D eigenvalue weighted by Crippen LogP contribution is 2.21. The number of hydrogen-bond acceptors (Lipinski definition) is 7. The van der Waals surface area contributed by atoms with Crippen molar-refractivity contribution in [2.75, 3.05) is 0 Å². The van der Waals surface area contributed by atoms with E-state index in [1.807, 2.05) is 0 Å². The Morgan fingerprint density at radius 3 is 2.60 bits per heavy atom. The molecule has 0 radical (unpaired) electrons. The van der Waals surface area contributed by atoms with Gasteiger partial charge in [0.15, 0.2) is 0 Å². The zero-order valence-electron chi connectivity index (χ0n) is 10.8. The minimum atomic E-state index is -0.520. The molecule has 0 fully saturated rings. The first-order valence-electron chi connectivity index (χ1n) is 5.51. The van der Waals surface area contributed by atoms with Gasteiger partial charge >= 0.3 is 5.69 Å². The number of thioether (sulfide) groups is 1. The Morgan fingerprint density at radius 1 is 1.35 bits per heavy atom. The number of hydrogen-bond donors (Lipinski definition) is 3. The van der Waals surface area contributed by atoms with Gasteiger partial charge in [0.25, 0.3) is 10.8 Å². The lowest BCUT2D eigenvalue weighted by Gasteiger charge is -2.01. The van der Waals surface area contributed by atoms with E-state index in [1.165, 1.54) is 11.8 Å². The molecule has 1 unspecified atom stereocenters. The van der Waals surface area contributed by atoms with Crippen molar-refractivity contribution in [3.05, 3.63) is 38.0 Å². The fourth-order valence-electron chi connectivity index (χ4n) is 1.40. The molecule has 0 amide bonds. The van der Waals surface area contributed by atoms with E-state index in [-0.39, 0.29) is 18.4 Å². The summed E-state index contributed by atoms with van der Waals surface area (Å²) in [6, 6.07) is -0.333. The molecule has 0 aliphatic heterocycles. The third kappa shape index (κ3) is 3.71. The predicted octanol–water partition coefficient (Wildman–Crippen LogP) is 0.488. The third-order valence-electron chi connectivity index (χ3n) is 2.41. The molecule has 8 nitrogen and oxygen atoms in total. The fourth-order valence-corrected chi connectivity index (χ4v) is 2.25. The number of nitrogens with two attached hydrogens (primary N) is 1. The first-order chi connectivity index (χ1) is 8.97. The maximum Gasteiger partial charge on any atom is 0.325 e. The molecule has 2 heterocycles. The van der Waals surface area contributed by atoms with E-state index < -0.39 is 11.2 Å². The second-order valence-corrected chi connectivity index (χ2v) is 4.92. The molecular formula is C10H14ClN5O3S. The average molecular weight is 320 g/mol. The Kier molecular flexibility index (Phi) is 5.54. The maximum atomic E-state index is 11.6. The van der Waals surface area contributed by atoms with Crippen LogP contribution in [0.5, 0.6) is 0 Å². The molecule has 0 spiro atoms. The lowest BCUT2D eigenvalue weighted by molar-refractivity contribution is 0.394. The van der Waals surface area contributed by atoms with Crippen LogP contribution in [0.25, 0.3) is 0 Å². The molecule has 0 saturated carbocycles. The normalized spacial score (nSPS) is 11.9. The molecule has 0 bridgehead atoms. The van der Waals surface area contributed by atoms with Crippen molar-refractivity contribution < 1.29 is 4.42 Å². The van der Waals surface area contributed by atoms with Crippen LogP contribution in [0.15, 0.2) is 19.2 Å². The van der Waals surface area contributed by atoms with Gasteiger partial charge in [0, 0.05) is 17.0 Å². The molecule has 110 valence electrons. The summed E-state index contributed by atoms with van der Waals surface area (Å²) in [6.45, 7) is 3.40. The lowest BCUT2D eigenvalue weighted by atomic mass is 10.3. The molecule has 1 atom stereocenters. The number of aromatic amines is 2. The first-order valence-corrected chi connectivity index (χ1v) is 6.50. The van der Waals surface area contributed by atoms with Crippen molar-refractivity contribution >= 4 is 24.2 Å². The summed E-state index contributed by atoms with van der Waals surface area (Å²) in [4.78, 5) is 27.4. The summed E-state index contributed by atoms with van der Waals surface area (Å²) in [5.74, 6) is 0.660. The number of aromatic nitrogens is 4. The highest BCUT2D eigenvalue weighted by Gasteiger charge is 2.12. The van der Waals surface area contributed by atoms with E-state index >= 15 is 0 Å². The predicted molar refractivity (Wildman–Crippen MR) is 76.1 cm³/mol. The quantitative estimate of drug-likeness (QED) is 0.699. The molecule has 0 saturated heterocycles. The van der Waals surface area contributed by atoms with E-state index in [4.69, 9.17) is 10.2 Å². The van der Waals surface area contributed by atoms with E-state index in [0.717, 1.165) is 0 Å². The smallest absolute Gasteiger partial charge is 0.325 e. The summed E-state index contributed by atoms with van der Waals surface area (Å²) >= 11 is 1.21. The number of nitrogens with one attached hydrogen (secondary N) is 2. The molecule has 0 aliphatic rings. The molecular weight excluding hydrogens is 306 g/mol.